The van der Waals surface area contributed by atoms with Crippen LogP contribution in [0, 0.1) is 0 Å². The highest BCUT2D eigenvalue weighted by Gasteiger charge is 2.23. The first-order valence-corrected chi connectivity index (χ1v) is 8.66. The number of methoxy groups -OCH3 is 1. The number of amides is 1. The van der Waals surface area contributed by atoms with Gasteiger partial charge in [0.15, 0.2) is 0 Å². The molecule has 1 aromatic rings. The van der Waals surface area contributed by atoms with Crippen LogP contribution in [0.3, 0.4) is 0 Å². The molecule has 0 saturated carbocycles. The maximum absolute atomic E-state index is 12.4. The molecule has 0 saturated heterocycles. The fraction of sp³-hybridized carbons (Fsp3) is 0.400. The predicted octanol–water partition coefficient (Wildman–Crippen LogP) is 1.15. The molecule has 22 heavy (non-hydrogen) atoms. The largest absolute Gasteiger partial charge is 0.496 e. The third kappa shape index (κ3) is 5.50. The topological polar surface area (TPSA) is 75.7 Å². The van der Waals surface area contributed by atoms with Crippen molar-refractivity contribution < 1.29 is 17.9 Å². The molecule has 0 heterocycles. The van der Waals surface area contributed by atoms with Crippen LogP contribution in [-0.2, 0) is 21.4 Å². The molecule has 7 heteroatoms. The Morgan fingerprint density at radius 1 is 1.45 bits per heavy atom. The number of benzene rings is 1. The molecule has 0 unspecified atom stereocenters. The summed E-state index contributed by atoms with van der Waals surface area (Å²) in [7, 11) is -1.89. The summed E-state index contributed by atoms with van der Waals surface area (Å²) in [6.07, 6.45) is 2.62. The fourth-order valence-electron chi connectivity index (χ4n) is 2.07. The summed E-state index contributed by atoms with van der Waals surface area (Å²) >= 11 is 0. The molecule has 0 fully saturated rings. The third-order valence-corrected chi connectivity index (χ3v) is 3.76. The minimum absolute atomic E-state index is 0.310. The summed E-state index contributed by atoms with van der Waals surface area (Å²) in [6, 6.07) is 6.52. The van der Waals surface area contributed by atoms with Gasteiger partial charge in [0.25, 0.3) is 0 Å². The second-order valence-corrected chi connectivity index (χ2v) is 6.71. The van der Waals surface area contributed by atoms with Crippen molar-refractivity contribution in [3.63, 3.8) is 0 Å². The third-order valence-electron chi connectivity index (χ3n) is 2.98. The van der Waals surface area contributed by atoms with E-state index < -0.39 is 16.1 Å². The predicted molar refractivity (Wildman–Crippen MR) is 86.0 cm³/mol. The van der Waals surface area contributed by atoms with Gasteiger partial charge in [-0.1, -0.05) is 24.3 Å². The number of sulfonamides is 1. The number of carbonyl (C=O) groups is 1. The molecule has 1 rings (SSSR count). The molecule has 0 aliphatic carbocycles. The van der Waals surface area contributed by atoms with Gasteiger partial charge >= 0.3 is 0 Å². The Kier molecular flexibility index (Phi) is 6.58. The van der Waals surface area contributed by atoms with E-state index in [2.05, 4.69) is 11.3 Å². The zero-order valence-corrected chi connectivity index (χ0v) is 13.9. The Morgan fingerprint density at radius 3 is 2.64 bits per heavy atom. The summed E-state index contributed by atoms with van der Waals surface area (Å²) in [5.74, 6) is 0.351. The van der Waals surface area contributed by atoms with E-state index in [0.29, 0.717) is 18.8 Å². The average Bonchev–Trinajstić information content (AvgIpc) is 2.44. The van der Waals surface area contributed by atoms with Gasteiger partial charge in [-0.15, -0.1) is 6.58 Å². The van der Waals surface area contributed by atoms with Crippen LogP contribution in [0.4, 0.5) is 0 Å². The Hall–Kier alpha value is -1.86. The minimum Gasteiger partial charge on any atom is -0.496 e. The van der Waals surface area contributed by atoms with Crippen LogP contribution in [0.25, 0.3) is 0 Å². The van der Waals surface area contributed by atoms with Crippen LogP contribution >= 0.6 is 0 Å². The van der Waals surface area contributed by atoms with E-state index in [4.69, 9.17) is 4.74 Å². The van der Waals surface area contributed by atoms with E-state index in [9.17, 15) is 13.2 Å². The van der Waals surface area contributed by atoms with Crippen molar-refractivity contribution in [3.8, 4) is 5.75 Å². The Balaban J connectivity index is 2.93. The molecular weight excluding hydrogens is 304 g/mol. The lowest BCUT2D eigenvalue weighted by Crippen LogP contribution is -2.46. The van der Waals surface area contributed by atoms with Crippen molar-refractivity contribution in [1.29, 1.82) is 0 Å². The molecule has 0 aromatic heterocycles. The van der Waals surface area contributed by atoms with Gasteiger partial charge in [-0.25, -0.2) is 13.1 Å². The molecule has 1 atom stereocenters. The summed E-state index contributed by atoms with van der Waals surface area (Å²) in [5, 5.41) is 0. The monoisotopic (exact) mass is 326 g/mol. The first-order chi connectivity index (χ1) is 10.3. The van der Waals surface area contributed by atoms with Crippen molar-refractivity contribution in [1.82, 2.24) is 9.62 Å². The highest BCUT2D eigenvalue weighted by molar-refractivity contribution is 7.88. The van der Waals surface area contributed by atoms with Crippen LogP contribution in [0.1, 0.15) is 12.5 Å². The summed E-state index contributed by atoms with van der Waals surface area (Å²) in [5.41, 5.74) is 0.840. The minimum atomic E-state index is -3.45. The smallest absolute Gasteiger partial charge is 0.241 e. The lowest BCUT2D eigenvalue weighted by atomic mass is 10.1. The van der Waals surface area contributed by atoms with Crippen molar-refractivity contribution >= 4 is 15.9 Å². The number of nitrogens with zero attached hydrogens (tertiary/aromatic N) is 1. The van der Waals surface area contributed by atoms with E-state index >= 15 is 0 Å². The number of carbonyl (C=O) groups excluding carboxylic acids is 1. The Morgan fingerprint density at radius 2 is 2.09 bits per heavy atom. The van der Waals surface area contributed by atoms with Crippen LogP contribution < -0.4 is 9.46 Å². The molecule has 1 N–H and O–H groups in total. The molecular formula is C15H22N2O4S. The second-order valence-electron chi connectivity index (χ2n) is 4.93. The van der Waals surface area contributed by atoms with Crippen molar-refractivity contribution in [2.75, 3.05) is 19.9 Å². The van der Waals surface area contributed by atoms with E-state index in [0.717, 1.165) is 11.8 Å². The molecule has 0 aliphatic rings. The molecule has 1 amide bonds. The molecule has 0 aliphatic heterocycles. The highest BCUT2D eigenvalue weighted by atomic mass is 32.2. The van der Waals surface area contributed by atoms with Gasteiger partial charge in [-0.2, -0.15) is 0 Å². The van der Waals surface area contributed by atoms with E-state index in [1.165, 1.54) is 11.8 Å². The Bertz CT molecular complexity index is 628. The number of ether oxygens (including phenoxy) is 1. The lowest BCUT2D eigenvalue weighted by Gasteiger charge is -2.25. The van der Waals surface area contributed by atoms with Gasteiger partial charge < -0.3 is 9.64 Å². The van der Waals surface area contributed by atoms with Crippen LogP contribution in [-0.4, -0.2) is 45.2 Å². The number of hydrogen-bond donors (Lipinski definition) is 1. The van der Waals surface area contributed by atoms with Crippen LogP contribution in [0.15, 0.2) is 36.9 Å². The number of nitrogens with one attached hydrogen (secondary N) is 1. The number of para-hydroxylation sites is 1. The van der Waals surface area contributed by atoms with Crippen molar-refractivity contribution in [3.05, 3.63) is 42.5 Å². The quantitative estimate of drug-likeness (QED) is 0.727. The molecule has 122 valence electrons. The maximum atomic E-state index is 12.4. The maximum Gasteiger partial charge on any atom is 0.241 e. The van der Waals surface area contributed by atoms with Crippen LogP contribution in [0.2, 0.25) is 0 Å². The van der Waals surface area contributed by atoms with Crippen molar-refractivity contribution in [2.24, 2.45) is 0 Å². The molecule has 1 aromatic carbocycles. The fourth-order valence-corrected chi connectivity index (χ4v) is 2.82. The van der Waals surface area contributed by atoms with Crippen molar-refractivity contribution in [2.45, 2.75) is 19.5 Å². The SMILES string of the molecule is C=CCN(Cc1ccccc1OC)C(=O)[C@H](C)NS(C)(=O)=O. The highest BCUT2D eigenvalue weighted by Crippen LogP contribution is 2.19. The standard InChI is InChI=1S/C15H22N2O4S/c1-5-10-17(15(18)12(2)16-22(4,19)20)11-13-8-6-7-9-14(13)21-3/h5-9,12,16H,1,10-11H2,2-4H3/t12-/m0/s1. The summed E-state index contributed by atoms with van der Waals surface area (Å²) in [6.45, 7) is 5.78. The summed E-state index contributed by atoms with van der Waals surface area (Å²) in [4.78, 5) is 13.9. The molecule has 0 bridgehead atoms. The van der Waals surface area contributed by atoms with Gasteiger partial charge in [-0.05, 0) is 13.0 Å². The van der Waals surface area contributed by atoms with Gasteiger partial charge in [0, 0.05) is 18.7 Å². The zero-order chi connectivity index (χ0) is 16.8. The van der Waals surface area contributed by atoms with E-state index in [1.54, 1.807) is 13.2 Å². The van der Waals surface area contributed by atoms with Gasteiger partial charge in [0.05, 0.1) is 19.4 Å². The normalized spacial score (nSPS) is 12.5. The first kappa shape index (κ1) is 18.2. The molecule has 6 nitrogen and oxygen atoms in total. The van der Waals surface area contributed by atoms with Gasteiger partial charge in [-0.3, -0.25) is 4.79 Å². The first-order valence-electron chi connectivity index (χ1n) is 6.77. The lowest BCUT2D eigenvalue weighted by molar-refractivity contribution is -0.132. The van der Waals surface area contributed by atoms with E-state index in [1.807, 2.05) is 24.3 Å². The van der Waals surface area contributed by atoms with Gasteiger partial charge in [0.1, 0.15) is 5.75 Å². The molecule has 0 radical (unpaired) electrons. The average molecular weight is 326 g/mol. The zero-order valence-electron chi connectivity index (χ0n) is 13.1. The molecule has 0 spiro atoms. The summed E-state index contributed by atoms with van der Waals surface area (Å²) < 4.78 is 30.1. The second kappa shape index (κ2) is 7.95. The number of hydrogen-bond acceptors (Lipinski definition) is 4. The number of rotatable bonds is 8. The van der Waals surface area contributed by atoms with E-state index in [-0.39, 0.29) is 5.91 Å². The van der Waals surface area contributed by atoms with Crippen LogP contribution in [0.5, 0.6) is 5.75 Å². The Labute approximate surface area is 131 Å². The van der Waals surface area contributed by atoms with Gasteiger partial charge in [0.2, 0.25) is 15.9 Å².